The molecule has 0 fully saturated rings. The highest BCUT2D eigenvalue weighted by molar-refractivity contribution is 7.13. The number of anilines is 1. The zero-order valence-electron chi connectivity index (χ0n) is 16.5. The highest BCUT2D eigenvalue weighted by Gasteiger charge is 2.14. The van der Waals surface area contributed by atoms with Crippen LogP contribution >= 0.6 is 11.3 Å². The molecule has 4 aromatic rings. The minimum Gasteiger partial charge on any atom is -0.339 e. The number of carbonyl (C=O) groups excluding carboxylic acids is 1. The van der Waals surface area contributed by atoms with Crippen LogP contribution in [0.25, 0.3) is 16.4 Å². The van der Waals surface area contributed by atoms with Crippen LogP contribution < -0.4 is 5.32 Å². The quantitative estimate of drug-likeness (QED) is 0.323. The molecular weight excluding hydrogens is 420 g/mol. The molecule has 1 amide bonds. The maximum absolute atomic E-state index is 12.4. The molecule has 0 saturated carbocycles. The molecule has 10 nitrogen and oxygen atoms in total. The number of nitrogens with zero attached hydrogens (tertiary/aromatic N) is 5. The number of benzene rings is 1. The van der Waals surface area contributed by atoms with Crippen molar-refractivity contribution in [3.05, 3.63) is 69.5 Å². The topological polar surface area (TPSA) is 129 Å². The smallest absolute Gasteiger partial charge is 0.269 e. The van der Waals surface area contributed by atoms with Gasteiger partial charge in [0.1, 0.15) is 5.82 Å². The van der Waals surface area contributed by atoms with E-state index in [0.29, 0.717) is 41.8 Å². The minimum absolute atomic E-state index is 0.0125. The van der Waals surface area contributed by atoms with Gasteiger partial charge >= 0.3 is 0 Å². The van der Waals surface area contributed by atoms with Gasteiger partial charge in [0.2, 0.25) is 17.6 Å². The fourth-order valence-corrected chi connectivity index (χ4v) is 3.62. The summed E-state index contributed by atoms with van der Waals surface area (Å²) in [5.74, 6) is 1.36. The van der Waals surface area contributed by atoms with Crippen molar-refractivity contribution in [2.24, 2.45) is 0 Å². The third kappa shape index (κ3) is 4.83. The molecule has 0 aliphatic rings. The fraction of sp³-hybridized carbons (Fsp3) is 0.200. The molecule has 0 aliphatic heterocycles. The van der Waals surface area contributed by atoms with Gasteiger partial charge in [-0.05, 0) is 36.9 Å². The van der Waals surface area contributed by atoms with Gasteiger partial charge in [0, 0.05) is 31.0 Å². The molecule has 1 N–H and O–H groups in total. The third-order valence-corrected chi connectivity index (χ3v) is 5.27. The van der Waals surface area contributed by atoms with Gasteiger partial charge in [-0.15, -0.1) is 11.3 Å². The molecule has 0 saturated heterocycles. The third-order valence-electron chi connectivity index (χ3n) is 4.41. The van der Waals surface area contributed by atoms with E-state index in [4.69, 9.17) is 4.52 Å². The Morgan fingerprint density at radius 3 is 2.81 bits per heavy atom. The first-order valence-corrected chi connectivity index (χ1v) is 10.4. The van der Waals surface area contributed by atoms with E-state index in [0.717, 1.165) is 4.88 Å². The first-order chi connectivity index (χ1) is 15.0. The maximum Gasteiger partial charge on any atom is 0.269 e. The molecule has 0 unspecified atom stereocenters. The van der Waals surface area contributed by atoms with E-state index < -0.39 is 4.92 Å². The second kappa shape index (κ2) is 8.88. The number of rotatable bonds is 8. The Balaban J connectivity index is 1.35. The number of aryl methyl sites for hydroxylation is 2. The second-order valence-electron chi connectivity index (χ2n) is 6.75. The van der Waals surface area contributed by atoms with Crippen molar-refractivity contribution in [2.45, 2.75) is 26.2 Å². The number of carbonyl (C=O) groups is 1. The average molecular weight is 438 g/mol. The summed E-state index contributed by atoms with van der Waals surface area (Å²) >= 11 is 1.53. The van der Waals surface area contributed by atoms with Crippen molar-refractivity contribution < 1.29 is 14.2 Å². The molecular formula is C20H18N6O4S. The highest BCUT2D eigenvalue weighted by atomic mass is 32.1. The Morgan fingerprint density at radius 2 is 2.10 bits per heavy atom. The van der Waals surface area contributed by atoms with E-state index in [-0.39, 0.29) is 18.0 Å². The predicted molar refractivity (Wildman–Crippen MR) is 114 cm³/mol. The summed E-state index contributed by atoms with van der Waals surface area (Å²) in [7, 11) is 0. The number of amides is 1. The largest absolute Gasteiger partial charge is 0.339 e. The van der Waals surface area contributed by atoms with Crippen LogP contribution in [0.3, 0.4) is 0 Å². The molecule has 0 spiro atoms. The van der Waals surface area contributed by atoms with Crippen LogP contribution in [0, 0.1) is 17.0 Å². The van der Waals surface area contributed by atoms with Gasteiger partial charge < -0.3 is 9.84 Å². The van der Waals surface area contributed by atoms with E-state index in [9.17, 15) is 14.9 Å². The Bertz CT molecular complexity index is 1200. The van der Waals surface area contributed by atoms with Gasteiger partial charge in [-0.25, -0.2) is 4.68 Å². The Morgan fingerprint density at radius 1 is 1.29 bits per heavy atom. The van der Waals surface area contributed by atoms with Crippen molar-refractivity contribution in [3.8, 4) is 16.4 Å². The van der Waals surface area contributed by atoms with Crippen LogP contribution in [0.2, 0.25) is 0 Å². The zero-order valence-corrected chi connectivity index (χ0v) is 17.3. The summed E-state index contributed by atoms with van der Waals surface area (Å²) in [4.78, 5) is 28.1. The number of thiophene rings is 1. The van der Waals surface area contributed by atoms with Crippen LogP contribution in [-0.2, 0) is 11.2 Å². The van der Waals surface area contributed by atoms with Crippen LogP contribution in [0.4, 0.5) is 11.5 Å². The molecule has 0 radical (unpaired) electrons. The summed E-state index contributed by atoms with van der Waals surface area (Å²) < 4.78 is 6.79. The lowest BCUT2D eigenvalue weighted by atomic mass is 10.2. The van der Waals surface area contributed by atoms with Crippen molar-refractivity contribution in [2.75, 3.05) is 5.32 Å². The maximum atomic E-state index is 12.4. The number of nitro benzene ring substituents is 1. The summed E-state index contributed by atoms with van der Waals surface area (Å²) in [6.07, 6.45) is 1.30. The van der Waals surface area contributed by atoms with Crippen LogP contribution in [-0.4, -0.2) is 30.8 Å². The number of hydrogen-bond acceptors (Lipinski definition) is 8. The molecule has 3 aromatic heterocycles. The molecule has 0 bridgehead atoms. The normalized spacial score (nSPS) is 10.9. The molecule has 31 heavy (non-hydrogen) atoms. The Kier molecular flexibility index (Phi) is 5.85. The van der Waals surface area contributed by atoms with Crippen LogP contribution in [0.5, 0.6) is 0 Å². The molecule has 1 aromatic carbocycles. The van der Waals surface area contributed by atoms with Gasteiger partial charge in [-0.3, -0.25) is 14.9 Å². The number of non-ortho nitro benzene ring substituents is 1. The lowest BCUT2D eigenvalue weighted by Gasteiger charge is -2.08. The number of nitrogens with one attached hydrogen (secondary N) is 1. The number of hydrogen-bond donors (Lipinski definition) is 1. The Hall–Kier alpha value is -3.86. The monoisotopic (exact) mass is 438 g/mol. The summed E-state index contributed by atoms with van der Waals surface area (Å²) in [6.45, 7) is 1.80. The van der Waals surface area contributed by atoms with E-state index in [1.165, 1.54) is 23.5 Å². The molecule has 158 valence electrons. The summed E-state index contributed by atoms with van der Waals surface area (Å²) in [6, 6.07) is 11.5. The number of nitro groups is 1. The summed E-state index contributed by atoms with van der Waals surface area (Å²) in [5.41, 5.74) is 1.31. The average Bonchev–Trinajstić information content (AvgIpc) is 3.49. The van der Waals surface area contributed by atoms with Crippen molar-refractivity contribution in [3.63, 3.8) is 0 Å². The second-order valence-corrected chi connectivity index (χ2v) is 7.69. The lowest BCUT2D eigenvalue weighted by molar-refractivity contribution is -0.384. The molecule has 3 heterocycles. The first kappa shape index (κ1) is 20.4. The first-order valence-electron chi connectivity index (χ1n) is 9.47. The Labute approximate surface area is 180 Å². The van der Waals surface area contributed by atoms with E-state index >= 15 is 0 Å². The zero-order chi connectivity index (χ0) is 21.8. The van der Waals surface area contributed by atoms with E-state index in [1.54, 1.807) is 29.8 Å². The highest BCUT2D eigenvalue weighted by Crippen LogP contribution is 2.22. The predicted octanol–water partition coefficient (Wildman–Crippen LogP) is 4.16. The summed E-state index contributed by atoms with van der Waals surface area (Å²) in [5, 5.41) is 24.0. The fourth-order valence-electron chi connectivity index (χ4n) is 2.97. The lowest BCUT2D eigenvalue weighted by Crippen LogP contribution is -2.15. The van der Waals surface area contributed by atoms with E-state index in [1.807, 2.05) is 17.5 Å². The van der Waals surface area contributed by atoms with Crippen LogP contribution in [0.15, 0.2) is 52.4 Å². The minimum atomic E-state index is -0.465. The van der Waals surface area contributed by atoms with Gasteiger partial charge in [-0.1, -0.05) is 11.2 Å². The molecule has 4 rings (SSSR count). The molecule has 0 aliphatic carbocycles. The molecule has 11 heteroatoms. The van der Waals surface area contributed by atoms with Crippen LogP contribution in [0.1, 0.15) is 24.4 Å². The van der Waals surface area contributed by atoms with Gasteiger partial charge in [0.15, 0.2) is 0 Å². The van der Waals surface area contributed by atoms with Gasteiger partial charge in [0.05, 0.1) is 21.2 Å². The molecule has 0 atom stereocenters. The van der Waals surface area contributed by atoms with E-state index in [2.05, 4.69) is 20.6 Å². The number of aromatic nitrogens is 4. The van der Waals surface area contributed by atoms with Crippen molar-refractivity contribution in [1.82, 2.24) is 19.9 Å². The standard InChI is InChI=1S/C20H18N6O4S/c1-13-12-17(25(23-13)14-7-9-15(10-8-14)26(28)29)21-18(27)5-2-6-19-22-20(24-30-19)16-4-3-11-31-16/h3-4,7-12H,2,5-6H2,1H3,(H,21,27). The van der Waals surface area contributed by atoms with Gasteiger partial charge in [-0.2, -0.15) is 10.1 Å². The van der Waals surface area contributed by atoms with Gasteiger partial charge in [0.25, 0.3) is 5.69 Å². The van der Waals surface area contributed by atoms with Crippen molar-refractivity contribution in [1.29, 1.82) is 0 Å². The van der Waals surface area contributed by atoms with Crippen molar-refractivity contribution >= 4 is 28.7 Å². The SMILES string of the molecule is Cc1cc(NC(=O)CCCc2nc(-c3cccs3)no2)n(-c2ccc([N+](=O)[O-])cc2)n1.